The molecule has 0 fully saturated rings. The van der Waals surface area contributed by atoms with Gasteiger partial charge in [-0.2, -0.15) is 65.9 Å². The van der Waals surface area contributed by atoms with E-state index in [1.807, 2.05) is 0 Å². The highest BCUT2D eigenvalue weighted by atomic mass is 19.4. The molecule has 264 valence electrons. The fourth-order valence-electron chi connectivity index (χ4n) is 4.45. The van der Waals surface area contributed by atoms with Crippen molar-refractivity contribution in [3.05, 3.63) is 82.4 Å². The zero-order valence-electron chi connectivity index (χ0n) is 23.0. The molecular weight excluding hydrogens is 715 g/mol. The minimum atomic E-state index is -8.56. The molecule has 0 saturated carbocycles. The van der Waals surface area contributed by atoms with Crippen LogP contribution in [-0.4, -0.2) is 64.2 Å². The Hall–Kier alpha value is -4.98. The maximum Gasteiger partial charge on any atom is 0.460 e. The van der Waals surface area contributed by atoms with E-state index in [0.29, 0.717) is 18.2 Å². The number of carbonyl (C=O) groups excluding carboxylic acids is 3. The molecule has 1 aliphatic rings. The highest BCUT2D eigenvalue weighted by molar-refractivity contribution is 6.31. The van der Waals surface area contributed by atoms with Gasteiger partial charge in [0, 0.05) is 22.8 Å². The van der Waals surface area contributed by atoms with Gasteiger partial charge in [-0.25, -0.2) is 0 Å². The summed E-state index contributed by atoms with van der Waals surface area (Å²) in [6.07, 6.45) is -7.77. The summed E-state index contributed by atoms with van der Waals surface area (Å²) in [7, 11) is 0. The van der Waals surface area contributed by atoms with E-state index in [-0.39, 0.29) is 23.3 Å². The Kier molecular flexibility index (Phi) is 8.29. The van der Waals surface area contributed by atoms with Crippen molar-refractivity contribution in [1.29, 1.82) is 0 Å². The number of nitrogens with two attached hydrogens (primary N) is 1. The molecule has 0 aromatic heterocycles. The van der Waals surface area contributed by atoms with Crippen LogP contribution in [0.3, 0.4) is 0 Å². The number of carbonyl (C=O) groups is 3. The van der Waals surface area contributed by atoms with Crippen LogP contribution in [0.25, 0.3) is 0 Å². The van der Waals surface area contributed by atoms with E-state index in [9.17, 15) is 85.3 Å². The minimum absolute atomic E-state index is 0.0731. The van der Waals surface area contributed by atoms with Crippen LogP contribution in [0.4, 0.5) is 71.5 Å². The lowest BCUT2D eigenvalue weighted by molar-refractivity contribution is -0.449. The summed E-state index contributed by atoms with van der Waals surface area (Å²) in [5, 5.41) is 10.4. The third kappa shape index (κ3) is 5.03. The second-order valence-corrected chi connectivity index (χ2v) is 10.2. The number of phenolic OH excluding ortho intramolecular Hbond substituents is 1. The van der Waals surface area contributed by atoms with Crippen LogP contribution in [0.1, 0.15) is 42.2 Å². The van der Waals surface area contributed by atoms with Crippen molar-refractivity contribution in [2.45, 2.75) is 41.7 Å². The zero-order valence-corrected chi connectivity index (χ0v) is 23.0. The average molecular weight is 727 g/mol. The molecule has 0 radical (unpaired) electrons. The molecule has 3 aromatic carbocycles. The quantitative estimate of drug-likeness (QED) is 0.0782. The Morgan fingerprint density at radius 1 is 0.612 bits per heavy atom. The van der Waals surface area contributed by atoms with E-state index in [0.717, 1.165) is 0 Å². The fraction of sp³-hybridized carbons (Fsp3) is 0.250. The Bertz CT molecular complexity index is 1870. The summed E-state index contributed by atoms with van der Waals surface area (Å²) in [5.74, 6) is -56.2. The monoisotopic (exact) mass is 727 g/mol. The second-order valence-electron chi connectivity index (χ2n) is 10.2. The van der Waals surface area contributed by atoms with Gasteiger partial charge in [-0.3, -0.25) is 14.4 Å². The number of fused-ring (bicyclic) bond motifs is 2. The van der Waals surface area contributed by atoms with Crippen LogP contribution in [-0.2, 0) is 0 Å². The Morgan fingerprint density at radius 3 is 1.51 bits per heavy atom. The summed E-state index contributed by atoms with van der Waals surface area (Å²) in [6.45, 7) is 0. The largest absolute Gasteiger partial charge is 0.507 e. The van der Waals surface area contributed by atoms with Gasteiger partial charge in [0.15, 0.2) is 17.3 Å². The van der Waals surface area contributed by atoms with Crippen LogP contribution in [0.5, 0.6) is 17.2 Å². The van der Waals surface area contributed by atoms with Crippen molar-refractivity contribution >= 4 is 23.0 Å². The molecule has 4 rings (SSSR count). The van der Waals surface area contributed by atoms with E-state index in [2.05, 4.69) is 0 Å². The first-order chi connectivity index (χ1) is 22.1. The molecule has 3 N–H and O–H groups in total. The van der Waals surface area contributed by atoms with Gasteiger partial charge in [-0.1, -0.05) is 24.3 Å². The Labute approximate surface area is 260 Å². The number of anilines is 1. The van der Waals surface area contributed by atoms with E-state index < -0.39 is 98.7 Å². The standard InChI is InChI=1S/C28H12F15NO5/c29-22(30,23(31,32)24(33,34)25(35,36)26(37,38)27(39,40)28(41,42)43)21(48)10-5-7-11(8-6-10)49-15-9-14(45)16-17(18(15)44)20(47)13-4-2-1-3-12(13)19(16)46/h1-9,45H,44H2. The smallest absolute Gasteiger partial charge is 0.460 e. The number of hydrogen-bond donors (Lipinski definition) is 2. The molecule has 0 saturated heterocycles. The van der Waals surface area contributed by atoms with E-state index in [1.165, 1.54) is 24.3 Å². The van der Waals surface area contributed by atoms with Gasteiger partial charge >= 0.3 is 41.7 Å². The summed E-state index contributed by atoms with van der Waals surface area (Å²) in [4.78, 5) is 37.9. The summed E-state index contributed by atoms with van der Waals surface area (Å²) < 4.78 is 208. The molecule has 3 aromatic rings. The number of ketones is 3. The number of rotatable bonds is 9. The van der Waals surface area contributed by atoms with Crippen LogP contribution in [0.2, 0.25) is 0 Å². The normalized spacial score (nSPS) is 14.8. The lowest BCUT2D eigenvalue weighted by atomic mass is 9.82. The first kappa shape index (κ1) is 36.8. The number of phenols is 1. The third-order valence-electron chi connectivity index (χ3n) is 7.14. The van der Waals surface area contributed by atoms with Gasteiger partial charge < -0.3 is 15.6 Å². The van der Waals surface area contributed by atoms with Crippen molar-refractivity contribution in [1.82, 2.24) is 0 Å². The average Bonchev–Trinajstić information content (AvgIpc) is 3.00. The van der Waals surface area contributed by atoms with Gasteiger partial charge in [0.2, 0.25) is 5.78 Å². The number of Topliss-reactive ketones (excluding diaryl/α,β-unsaturated/α-hetero) is 1. The van der Waals surface area contributed by atoms with Gasteiger partial charge in [-0.05, 0) is 24.3 Å². The van der Waals surface area contributed by atoms with Crippen molar-refractivity contribution < 1.29 is 90.1 Å². The van der Waals surface area contributed by atoms with Crippen molar-refractivity contribution in [3.8, 4) is 17.2 Å². The van der Waals surface area contributed by atoms with Gasteiger partial charge in [0.1, 0.15) is 11.5 Å². The molecular formula is C28H12F15NO5. The van der Waals surface area contributed by atoms with Gasteiger partial charge in [-0.15, -0.1) is 0 Å². The first-order valence-corrected chi connectivity index (χ1v) is 12.6. The van der Waals surface area contributed by atoms with E-state index >= 15 is 0 Å². The van der Waals surface area contributed by atoms with Crippen LogP contribution < -0.4 is 10.5 Å². The molecule has 21 heteroatoms. The fourth-order valence-corrected chi connectivity index (χ4v) is 4.45. The number of ether oxygens (including phenoxy) is 1. The summed E-state index contributed by atoms with van der Waals surface area (Å²) in [5.41, 5.74) is 2.23. The maximum absolute atomic E-state index is 14.4. The van der Waals surface area contributed by atoms with Crippen LogP contribution in [0, 0.1) is 0 Å². The van der Waals surface area contributed by atoms with Gasteiger partial charge in [0.25, 0.3) is 0 Å². The van der Waals surface area contributed by atoms with Crippen LogP contribution >= 0.6 is 0 Å². The summed E-state index contributed by atoms with van der Waals surface area (Å²) in [6, 6.07) is 7.01. The maximum atomic E-state index is 14.4. The van der Waals surface area contributed by atoms with E-state index in [4.69, 9.17) is 10.5 Å². The topological polar surface area (TPSA) is 107 Å². The lowest BCUT2D eigenvalue weighted by Gasteiger charge is -2.41. The lowest BCUT2D eigenvalue weighted by Crippen LogP contribution is -2.73. The van der Waals surface area contributed by atoms with Crippen molar-refractivity contribution in [2.24, 2.45) is 0 Å². The molecule has 49 heavy (non-hydrogen) atoms. The predicted octanol–water partition coefficient (Wildman–Crippen LogP) is 8.10. The molecule has 0 bridgehead atoms. The molecule has 6 nitrogen and oxygen atoms in total. The molecule has 0 amide bonds. The zero-order chi connectivity index (χ0) is 37.5. The van der Waals surface area contributed by atoms with Gasteiger partial charge in [0.05, 0.1) is 16.8 Å². The van der Waals surface area contributed by atoms with E-state index in [1.54, 1.807) is 0 Å². The molecule has 0 spiro atoms. The van der Waals surface area contributed by atoms with Crippen molar-refractivity contribution in [3.63, 3.8) is 0 Å². The predicted molar refractivity (Wildman–Crippen MR) is 132 cm³/mol. The second kappa shape index (κ2) is 11.0. The molecule has 0 unspecified atom stereocenters. The molecule has 0 aliphatic heterocycles. The number of hydrogen-bond acceptors (Lipinski definition) is 6. The first-order valence-electron chi connectivity index (χ1n) is 12.6. The summed E-state index contributed by atoms with van der Waals surface area (Å²) >= 11 is 0. The number of halogens is 15. The Morgan fingerprint density at radius 2 is 1.04 bits per heavy atom. The van der Waals surface area contributed by atoms with Crippen LogP contribution in [0.15, 0.2) is 54.6 Å². The Balaban J connectivity index is 1.65. The number of aromatic hydroxyl groups is 1. The highest BCUT2D eigenvalue weighted by Gasteiger charge is 2.94. The number of benzene rings is 3. The van der Waals surface area contributed by atoms with Crippen molar-refractivity contribution in [2.75, 3.05) is 5.73 Å². The number of alkyl halides is 15. The molecule has 0 heterocycles. The molecule has 1 aliphatic carbocycles. The highest BCUT2D eigenvalue weighted by Crippen LogP contribution is 2.62. The SMILES string of the molecule is Nc1c(Oc2ccc(C(=O)C(F)(F)C(F)(F)C(F)(F)C(F)(F)C(F)(F)C(F)(F)C(F)(F)F)cc2)cc(O)c2c1C(=O)c1ccccc1C2=O. The molecule has 0 atom stereocenters. The number of nitrogen functional groups attached to an aromatic ring is 1. The third-order valence-corrected chi connectivity index (χ3v) is 7.14. The minimum Gasteiger partial charge on any atom is -0.507 e.